The fourth-order valence-corrected chi connectivity index (χ4v) is 5.45. The molecule has 2 aliphatic carbocycles. The standard InChI is InChI=1S/C31H25ClN2O5/c1-16-3-2-4-23(32)27(16)29-22(30(39-34-29)18-7-8-18)15-37-26-12-11-24-28(33-26)21(17-5-6-17)13-19-9-10-20(31(35)36)14-25(19)38-24/h2-4,9-14,17-18H,5-8,15H2,1H3,(H,35,36). The first-order chi connectivity index (χ1) is 19.0. The molecule has 3 heterocycles. The minimum atomic E-state index is -0.996. The third-order valence-corrected chi connectivity index (χ3v) is 7.82. The molecule has 0 radical (unpaired) electrons. The summed E-state index contributed by atoms with van der Waals surface area (Å²) in [5.74, 6) is 2.13. The van der Waals surface area contributed by atoms with Gasteiger partial charge in [-0.2, -0.15) is 0 Å². The number of aryl methyl sites for hydroxylation is 1. The van der Waals surface area contributed by atoms with Gasteiger partial charge < -0.3 is 19.1 Å². The summed E-state index contributed by atoms with van der Waals surface area (Å²) < 4.78 is 18.3. The normalized spacial score (nSPS) is 16.0. The Bertz CT molecular complexity index is 1650. The first-order valence-electron chi connectivity index (χ1n) is 13.1. The van der Waals surface area contributed by atoms with E-state index in [2.05, 4.69) is 11.2 Å². The van der Waals surface area contributed by atoms with Gasteiger partial charge in [-0.3, -0.25) is 0 Å². The number of rotatable bonds is 7. The van der Waals surface area contributed by atoms with Crippen molar-refractivity contribution in [1.29, 1.82) is 0 Å². The number of pyridine rings is 1. The van der Waals surface area contributed by atoms with Gasteiger partial charge in [0.05, 0.1) is 16.1 Å². The maximum absolute atomic E-state index is 11.5. The number of carboxylic acids is 1. The summed E-state index contributed by atoms with van der Waals surface area (Å²) in [6.07, 6.45) is 6.35. The van der Waals surface area contributed by atoms with Gasteiger partial charge in [0.1, 0.15) is 29.5 Å². The second-order valence-corrected chi connectivity index (χ2v) is 10.8. The van der Waals surface area contributed by atoms with Gasteiger partial charge in [-0.15, -0.1) is 0 Å². The number of fused-ring (bicyclic) bond motifs is 2. The van der Waals surface area contributed by atoms with E-state index in [9.17, 15) is 9.90 Å². The number of hydrogen-bond acceptors (Lipinski definition) is 6. The Labute approximate surface area is 230 Å². The van der Waals surface area contributed by atoms with Crippen LogP contribution in [0.4, 0.5) is 0 Å². The Morgan fingerprint density at radius 1 is 1.05 bits per heavy atom. The van der Waals surface area contributed by atoms with Gasteiger partial charge >= 0.3 is 5.97 Å². The van der Waals surface area contributed by atoms with E-state index in [1.807, 2.05) is 31.2 Å². The zero-order valence-corrected chi connectivity index (χ0v) is 22.0. The van der Waals surface area contributed by atoms with Crippen LogP contribution in [-0.2, 0) is 6.61 Å². The summed E-state index contributed by atoms with van der Waals surface area (Å²) in [4.78, 5) is 16.4. The summed E-state index contributed by atoms with van der Waals surface area (Å²) in [5, 5.41) is 14.5. The molecule has 1 N–H and O–H groups in total. The van der Waals surface area contributed by atoms with Crippen LogP contribution in [0, 0.1) is 12.8 Å². The molecule has 39 heavy (non-hydrogen) atoms. The fourth-order valence-electron chi connectivity index (χ4n) is 5.14. The first-order valence-corrected chi connectivity index (χ1v) is 13.5. The molecule has 4 aromatic rings. The van der Waals surface area contributed by atoms with Gasteiger partial charge in [0.15, 0.2) is 5.75 Å². The lowest BCUT2D eigenvalue weighted by atomic mass is 10.0. The summed E-state index contributed by atoms with van der Waals surface area (Å²) in [6, 6.07) is 14.3. The van der Waals surface area contributed by atoms with Gasteiger partial charge in [-0.05, 0) is 80.0 Å². The van der Waals surface area contributed by atoms with Gasteiger partial charge in [-0.25, -0.2) is 9.78 Å². The zero-order valence-electron chi connectivity index (χ0n) is 21.2. The zero-order chi connectivity index (χ0) is 26.7. The van der Waals surface area contributed by atoms with E-state index in [1.165, 1.54) is 0 Å². The summed E-state index contributed by atoms with van der Waals surface area (Å²) in [6.45, 7) is 2.25. The van der Waals surface area contributed by atoms with E-state index in [4.69, 9.17) is 30.6 Å². The van der Waals surface area contributed by atoms with Crippen molar-refractivity contribution >= 4 is 29.2 Å². The monoisotopic (exact) mass is 540 g/mol. The van der Waals surface area contributed by atoms with Crippen molar-refractivity contribution in [3.8, 4) is 28.6 Å². The highest BCUT2D eigenvalue weighted by Crippen LogP contribution is 2.49. The van der Waals surface area contributed by atoms with Crippen molar-refractivity contribution in [3.63, 3.8) is 0 Å². The Kier molecular flexibility index (Phi) is 5.70. The van der Waals surface area contributed by atoms with Crippen molar-refractivity contribution in [2.45, 2.75) is 45.1 Å². The molecule has 0 unspecified atom stereocenters. The van der Waals surface area contributed by atoms with Crippen LogP contribution < -0.4 is 9.47 Å². The number of carbonyl (C=O) groups is 1. The second kappa shape index (κ2) is 9.27. The molecule has 2 saturated carbocycles. The molecule has 0 saturated heterocycles. The summed E-state index contributed by atoms with van der Waals surface area (Å²) in [5.41, 5.74) is 6.29. The number of hydrogen-bond donors (Lipinski definition) is 1. The third-order valence-electron chi connectivity index (χ3n) is 7.50. The van der Waals surface area contributed by atoms with E-state index in [0.717, 1.165) is 65.0 Å². The number of ether oxygens (including phenoxy) is 2. The highest BCUT2D eigenvalue weighted by atomic mass is 35.5. The highest BCUT2D eigenvalue weighted by Gasteiger charge is 2.34. The predicted octanol–water partition coefficient (Wildman–Crippen LogP) is 7.91. The van der Waals surface area contributed by atoms with Crippen LogP contribution in [0.25, 0.3) is 22.9 Å². The lowest BCUT2D eigenvalue weighted by Crippen LogP contribution is -2.03. The molecule has 3 aliphatic rings. The maximum atomic E-state index is 11.5. The molecule has 0 atom stereocenters. The van der Waals surface area contributed by atoms with Crippen molar-refractivity contribution in [1.82, 2.24) is 10.1 Å². The molecule has 7 rings (SSSR count). The van der Waals surface area contributed by atoms with Crippen LogP contribution in [0.3, 0.4) is 0 Å². The van der Waals surface area contributed by atoms with Crippen molar-refractivity contribution in [3.05, 3.63) is 87.3 Å². The number of aromatic nitrogens is 2. The number of nitrogens with zero attached hydrogens (tertiary/aromatic N) is 2. The molecule has 196 valence electrons. The smallest absolute Gasteiger partial charge is 0.335 e. The molecular weight excluding hydrogens is 516 g/mol. The quantitative estimate of drug-likeness (QED) is 0.254. The number of benzene rings is 2. The Hall–Kier alpha value is -4.10. The largest absolute Gasteiger partial charge is 0.478 e. The molecule has 1 aliphatic heterocycles. The fraction of sp³-hybridized carbons (Fsp3) is 0.258. The molecule has 0 amide bonds. The molecule has 2 aromatic heterocycles. The second-order valence-electron chi connectivity index (χ2n) is 10.4. The number of aromatic carboxylic acids is 1. The van der Waals surface area contributed by atoms with Crippen LogP contribution in [0.2, 0.25) is 5.02 Å². The van der Waals surface area contributed by atoms with Crippen LogP contribution in [0.1, 0.15) is 70.1 Å². The Morgan fingerprint density at radius 2 is 1.87 bits per heavy atom. The van der Waals surface area contributed by atoms with Crippen LogP contribution in [-0.4, -0.2) is 21.2 Å². The molecular formula is C31H25ClN2O5. The lowest BCUT2D eigenvalue weighted by molar-refractivity contribution is 0.0696. The van der Waals surface area contributed by atoms with Crippen LogP contribution in [0.15, 0.2) is 53.1 Å². The number of allylic oxidation sites excluding steroid dienone is 1. The maximum Gasteiger partial charge on any atom is 0.335 e. The topological polar surface area (TPSA) is 94.7 Å². The highest BCUT2D eigenvalue weighted by molar-refractivity contribution is 6.33. The summed E-state index contributed by atoms with van der Waals surface area (Å²) in [7, 11) is 0. The van der Waals surface area contributed by atoms with Crippen molar-refractivity contribution in [2.24, 2.45) is 5.92 Å². The number of halogens is 1. The Balaban J connectivity index is 1.23. The van der Waals surface area contributed by atoms with Crippen molar-refractivity contribution < 1.29 is 23.9 Å². The molecule has 0 bridgehead atoms. The average Bonchev–Trinajstić information content (AvgIpc) is 3.84. The van der Waals surface area contributed by atoms with Crippen molar-refractivity contribution in [2.75, 3.05) is 0 Å². The third kappa shape index (κ3) is 4.46. The average molecular weight is 541 g/mol. The lowest BCUT2D eigenvalue weighted by Gasteiger charge is -2.13. The summed E-state index contributed by atoms with van der Waals surface area (Å²) >= 11 is 6.58. The van der Waals surface area contributed by atoms with Gasteiger partial charge in [-0.1, -0.05) is 35.0 Å². The molecule has 7 nitrogen and oxygen atoms in total. The first kappa shape index (κ1) is 24.0. The van der Waals surface area contributed by atoms with E-state index in [1.54, 1.807) is 24.3 Å². The van der Waals surface area contributed by atoms with Gasteiger partial charge in [0, 0.05) is 23.1 Å². The van der Waals surface area contributed by atoms with E-state index < -0.39 is 5.97 Å². The molecule has 2 aromatic carbocycles. The van der Waals surface area contributed by atoms with E-state index in [0.29, 0.717) is 39.9 Å². The van der Waals surface area contributed by atoms with E-state index >= 15 is 0 Å². The molecule has 8 heteroatoms. The van der Waals surface area contributed by atoms with Gasteiger partial charge in [0.2, 0.25) is 5.88 Å². The predicted molar refractivity (Wildman–Crippen MR) is 146 cm³/mol. The van der Waals surface area contributed by atoms with Crippen LogP contribution >= 0.6 is 11.6 Å². The van der Waals surface area contributed by atoms with Crippen LogP contribution in [0.5, 0.6) is 17.4 Å². The SMILES string of the molecule is Cc1cccc(Cl)c1-c1noc(C2CC2)c1COc1ccc2c(n1)C(C1CC1)=Cc1ccc(C(=O)O)cc1O2. The number of carboxylic acid groups (broad SMARTS) is 1. The molecule has 2 fully saturated rings. The van der Waals surface area contributed by atoms with Gasteiger partial charge in [0.25, 0.3) is 0 Å². The van der Waals surface area contributed by atoms with E-state index in [-0.39, 0.29) is 12.2 Å². The minimum absolute atomic E-state index is 0.177. The molecule has 0 spiro atoms. The Morgan fingerprint density at radius 3 is 2.62 bits per heavy atom. The minimum Gasteiger partial charge on any atom is -0.478 e.